The third-order valence-corrected chi connectivity index (χ3v) is 3.83. The van der Waals surface area contributed by atoms with Gasteiger partial charge in [-0.1, -0.05) is 24.3 Å². The number of hydrogen-bond donors (Lipinski definition) is 2. The zero-order chi connectivity index (χ0) is 16.7. The SMILES string of the molecule is CN(C)Cc1ccc(CNC(=O)NCC(=O)N2CCCC2)cc1. The predicted molar refractivity (Wildman–Crippen MR) is 89.9 cm³/mol. The van der Waals surface area contributed by atoms with E-state index in [1.165, 1.54) is 5.56 Å². The molecule has 1 aliphatic heterocycles. The van der Waals surface area contributed by atoms with Crippen molar-refractivity contribution in [2.45, 2.75) is 25.9 Å². The largest absolute Gasteiger partial charge is 0.341 e. The third-order valence-electron chi connectivity index (χ3n) is 3.83. The highest BCUT2D eigenvalue weighted by Gasteiger charge is 2.17. The highest BCUT2D eigenvalue weighted by atomic mass is 16.2. The first-order valence-corrected chi connectivity index (χ1v) is 8.06. The van der Waals surface area contributed by atoms with Gasteiger partial charge in [-0.2, -0.15) is 0 Å². The first kappa shape index (κ1) is 17.3. The van der Waals surface area contributed by atoms with Crippen LogP contribution in [-0.4, -0.2) is 55.5 Å². The minimum Gasteiger partial charge on any atom is -0.341 e. The van der Waals surface area contributed by atoms with Crippen molar-refractivity contribution in [3.05, 3.63) is 35.4 Å². The van der Waals surface area contributed by atoms with Gasteiger partial charge in [0.15, 0.2) is 0 Å². The van der Waals surface area contributed by atoms with E-state index < -0.39 is 0 Å². The Morgan fingerprint density at radius 3 is 2.26 bits per heavy atom. The van der Waals surface area contributed by atoms with Crippen molar-refractivity contribution in [1.29, 1.82) is 0 Å². The number of nitrogens with zero attached hydrogens (tertiary/aromatic N) is 2. The van der Waals surface area contributed by atoms with Crippen molar-refractivity contribution in [3.8, 4) is 0 Å². The van der Waals surface area contributed by atoms with Gasteiger partial charge < -0.3 is 20.4 Å². The molecule has 1 heterocycles. The summed E-state index contributed by atoms with van der Waals surface area (Å²) in [6.07, 6.45) is 2.11. The summed E-state index contributed by atoms with van der Waals surface area (Å²) >= 11 is 0. The number of benzene rings is 1. The lowest BCUT2D eigenvalue weighted by Crippen LogP contribution is -2.42. The summed E-state index contributed by atoms with van der Waals surface area (Å²) in [5, 5.41) is 5.39. The van der Waals surface area contributed by atoms with E-state index in [9.17, 15) is 9.59 Å². The minimum absolute atomic E-state index is 0.00862. The maximum atomic E-state index is 11.8. The maximum absolute atomic E-state index is 11.8. The molecule has 0 saturated carbocycles. The van der Waals surface area contributed by atoms with Gasteiger partial charge in [0.2, 0.25) is 5.91 Å². The monoisotopic (exact) mass is 318 g/mol. The van der Waals surface area contributed by atoms with E-state index in [0.717, 1.165) is 38.0 Å². The van der Waals surface area contributed by atoms with Crippen LogP contribution in [0.2, 0.25) is 0 Å². The molecule has 126 valence electrons. The molecule has 23 heavy (non-hydrogen) atoms. The van der Waals surface area contributed by atoms with Gasteiger partial charge >= 0.3 is 6.03 Å². The summed E-state index contributed by atoms with van der Waals surface area (Å²) in [6, 6.07) is 7.83. The van der Waals surface area contributed by atoms with E-state index in [1.54, 1.807) is 4.90 Å². The molecule has 1 fully saturated rings. The molecule has 0 bridgehead atoms. The molecule has 1 saturated heterocycles. The lowest BCUT2D eigenvalue weighted by Gasteiger charge is -2.15. The number of likely N-dealkylation sites (tertiary alicyclic amines) is 1. The van der Waals surface area contributed by atoms with Crippen molar-refractivity contribution in [2.75, 3.05) is 33.7 Å². The summed E-state index contributed by atoms with van der Waals surface area (Å²) in [5.74, 6) is -0.00862. The zero-order valence-electron chi connectivity index (χ0n) is 14.0. The van der Waals surface area contributed by atoms with Crippen LogP contribution in [0.3, 0.4) is 0 Å². The Morgan fingerprint density at radius 2 is 1.65 bits per heavy atom. The molecule has 6 heteroatoms. The average Bonchev–Trinajstić information content (AvgIpc) is 3.06. The number of carbonyl (C=O) groups excluding carboxylic acids is 2. The fraction of sp³-hybridized carbons (Fsp3) is 0.529. The van der Waals surface area contributed by atoms with Crippen LogP contribution >= 0.6 is 0 Å². The van der Waals surface area contributed by atoms with Gasteiger partial charge in [-0.25, -0.2) is 4.79 Å². The molecular formula is C17H26N4O2. The van der Waals surface area contributed by atoms with Crippen LogP contribution in [0.5, 0.6) is 0 Å². The van der Waals surface area contributed by atoms with Gasteiger partial charge in [-0.15, -0.1) is 0 Å². The number of nitrogens with one attached hydrogen (secondary N) is 2. The van der Waals surface area contributed by atoms with E-state index >= 15 is 0 Å². The molecule has 2 rings (SSSR count). The first-order chi connectivity index (χ1) is 11.0. The maximum Gasteiger partial charge on any atom is 0.315 e. The topological polar surface area (TPSA) is 64.7 Å². The molecule has 0 unspecified atom stereocenters. The van der Waals surface area contributed by atoms with Crippen LogP contribution in [0.1, 0.15) is 24.0 Å². The predicted octanol–water partition coefficient (Wildman–Crippen LogP) is 1.17. The van der Waals surface area contributed by atoms with Gasteiger partial charge in [0, 0.05) is 26.2 Å². The van der Waals surface area contributed by atoms with E-state index in [2.05, 4.69) is 27.7 Å². The van der Waals surface area contributed by atoms with Crippen LogP contribution in [0, 0.1) is 0 Å². The summed E-state index contributed by atoms with van der Waals surface area (Å²) in [7, 11) is 4.06. The Balaban J connectivity index is 1.68. The second-order valence-corrected chi connectivity index (χ2v) is 6.18. The number of hydrogen-bond acceptors (Lipinski definition) is 3. The highest BCUT2D eigenvalue weighted by molar-refractivity contribution is 5.84. The van der Waals surface area contributed by atoms with Crippen LogP contribution in [0.15, 0.2) is 24.3 Å². The van der Waals surface area contributed by atoms with Crippen molar-refractivity contribution in [1.82, 2.24) is 20.4 Å². The first-order valence-electron chi connectivity index (χ1n) is 8.06. The van der Waals surface area contributed by atoms with Crippen LogP contribution in [0.25, 0.3) is 0 Å². The number of carbonyl (C=O) groups is 2. The number of urea groups is 1. The molecule has 2 N–H and O–H groups in total. The van der Waals surface area contributed by atoms with E-state index in [4.69, 9.17) is 0 Å². The summed E-state index contributed by atoms with van der Waals surface area (Å²) in [4.78, 5) is 27.5. The molecule has 0 spiro atoms. The Labute approximate surface area is 137 Å². The van der Waals surface area contributed by atoms with Crippen molar-refractivity contribution >= 4 is 11.9 Å². The Hall–Kier alpha value is -2.08. The third kappa shape index (κ3) is 5.90. The molecule has 1 aromatic rings. The summed E-state index contributed by atoms with van der Waals surface area (Å²) in [6.45, 7) is 3.02. The average molecular weight is 318 g/mol. The molecule has 6 nitrogen and oxygen atoms in total. The smallest absolute Gasteiger partial charge is 0.315 e. The molecule has 1 aliphatic rings. The molecule has 3 amide bonds. The lowest BCUT2D eigenvalue weighted by atomic mass is 10.1. The summed E-state index contributed by atoms with van der Waals surface area (Å²) < 4.78 is 0. The Kier molecular flexibility index (Phi) is 6.40. The second-order valence-electron chi connectivity index (χ2n) is 6.18. The minimum atomic E-state index is -0.310. The van der Waals surface area contributed by atoms with Crippen LogP contribution < -0.4 is 10.6 Å². The van der Waals surface area contributed by atoms with Gasteiger partial charge in [0.25, 0.3) is 0 Å². The van der Waals surface area contributed by atoms with Gasteiger partial charge in [0.1, 0.15) is 0 Å². The fourth-order valence-corrected chi connectivity index (χ4v) is 2.61. The van der Waals surface area contributed by atoms with Crippen LogP contribution in [-0.2, 0) is 17.9 Å². The standard InChI is InChI=1S/C17H26N4O2/c1-20(2)13-15-7-5-14(6-8-15)11-18-17(23)19-12-16(22)21-9-3-4-10-21/h5-8H,3-4,9-13H2,1-2H3,(H2,18,19,23). The molecule has 1 aromatic carbocycles. The quantitative estimate of drug-likeness (QED) is 0.827. The van der Waals surface area contributed by atoms with Crippen molar-refractivity contribution in [2.24, 2.45) is 0 Å². The Bertz CT molecular complexity index is 522. The van der Waals surface area contributed by atoms with Gasteiger partial charge in [0.05, 0.1) is 6.54 Å². The van der Waals surface area contributed by atoms with Crippen molar-refractivity contribution < 1.29 is 9.59 Å². The van der Waals surface area contributed by atoms with Crippen LogP contribution in [0.4, 0.5) is 4.79 Å². The lowest BCUT2D eigenvalue weighted by molar-refractivity contribution is -0.128. The number of amides is 3. The van der Waals surface area contributed by atoms with Crippen molar-refractivity contribution in [3.63, 3.8) is 0 Å². The molecule has 0 atom stereocenters. The number of rotatable bonds is 6. The molecular weight excluding hydrogens is 292 g/mol. The van der Waals surface area contributed by atoms with Gasteiger partial charge in [-0.05, 0) is 38.1 Å². The molecule has 0 aliphatic carbocycles. The summed E-state index contributed by atoms with van der Waals surface area (Å²) in [5.41, 5.74) is 2.27. The van der Waals surface area contributed by atoms with E-state index in [0.29, 0.717) is 6.54 Å². The highest BCUT2D eigenvalue weighted by Crippen LogP contribution is 2.07. The Morgan fingerprint density at radius 1 is 1.04 bits per heavy atom. The second kappa shape index (κ2) is 8.53. The molecule has 0 aromatic heterocycles. The molecule has 0 radical (unpaired) electrons. The fourth-order valence-electron chi connectivity index (χ4n) is 2.61. The van der Waals surface area contributed by atoms with E-state index in [-0.39, 0.29) is 18.5 Å². The van der Waals surface area contributed by atoms with E-state index in [1.807, 2.05) is 26.2 Å². The zero-order valence-corrected chi connectivity index (χ0v) is 14.0. The van der Waals surface area contributed by atoms with Gasteiger partial charge in [-0.3, -0.25) is 4.79 Å². The normalized spacial score (nSPS) is 14.1.